The highest BCUT2D eigenvalue weighted by molar-refractivity contribution is 7.13. The van der Waals surface area contributed by atoms with Crippen LogP contribution in [0.2, 0.25) is 0 Å². The Bertz CT molecular complexity index is 1660. The van der Waals surface area contributed by atoms with Gasteiger partial charge in [-0.2, -0.15) is 13.2 Å². The molecule has 48 heavy (non-hydrogen) atoms. The Morgan fingerprint density at radius 3 is 2.25 bits per heavy atom. The summed E-state index contributed by atoms with van der Waals surface area (Å²) in [5.74, 6) is -2.58. The zero-order valence-corrected chi connectivity index (χ0v) is 27.3. The SMILES string of the molecule is CCCN(CCC)C(=O)c1cc(C(=O)N[C@@H](Cc2cc(F)cc(F)c2)[C@H](O)CNCc2cccc(C(F)(F)F)c2)cc(-c2nccs2)c1. The monoisotopic (exact) mass is 688 g/mol. The summed E-state index contributed by atoms with van der Waals surface area (Å²) in [5, 5.41) is 19.2. The van der Waals surface area contributed by atoms with Gasteiger partial charge in [0.15, 0.2) is 0 Å². The molecule has 0 saturated carbocycles. The first-order valence-electron chi connectivity index (χ1n) is 15.5. The van der Waals surface area contributed by atoms with E-state index in [4.69, 9.17) is 0 Å². The van der Waals surface area contributed by atoms with Crippen molar-refractivity contribution in [3.8, 4) is 10.6 Å². The van der Waals surface area contributed by atoms with Crippen LogP contribution in [0.4, 0.5) is 22.0 Å². The fourth-order valence-electron chi connectivity index (χ4n) is 5.29. The van der Waals surface area contributed by atoms with Crippen LogP contribution >= 0.6 is 11.3 Å². The van der Waals surface area contributed by atoms with Gasteiger partial charge in [-0.3, -0.25) is 9.59 Å². The van der Waals surface area contributed by atoms with E-state index < -0.39 is 41.4 Å². The van der Waals surface area contributed by atoms with Gasteiger partial charge < -0.3 is 20.6 Å². The summed E-state index contributed by atoms with van der Waals surface area (Å²) in [5.41, 5.74) is 0.602. The Morgan fingerprint density at radius 1 is 0.938 bits per heavy atom. The van der Waals surface area contributed by atoms with E-state index >= 15 is 0 Å². The van der Waals surface area contributed by atoms with Crippen molar-refractivity contribution in [3.05, 3.63) is 112 Å². The van der Waals surface area contributed by atoms with E-state index in [1.54, 1.807) is 28.6 Å². The Balaban J connectivity index is 1.60. The summed E-state index contributed by atoms with van der Waals surface area (Å²) in [7, 11) is 0. The molecule has 1 heterocycles. The van der Waals surface area contributed by atoms with Crippen molar-refractivity contribution in [3.63, 3.8) is 0 Å². The molecule has 0 saturated heterocycles. The molecular weight excluding hydrogens is 651 g/mol. The fraction of sp³-hybridized carbons (Fsp3) is 0.343. The van der Waals surface area contributed by atoms with E-state index in [2.05, 4.69) is 15.6 Å². The third kappa shape index (κ3) is 10.1. The molecule has 1 aromatic heterocycles. The highest BCUT2D eigenvalue weighted by atomic mass is 32.1. The zero-order valence-electron chi connectivity index (χ0n) is 26.5. The summed E-state index contributed by atoms with van der Waals surface area (Å²) in [6, 6.07) is 11.2. The lowest BCUT2D eigenvalue weighted by atomic mass is 9.99. The number of benzene rings is 3. The number of halogens is 5. The fourth-order valence-corrected chi connectivity index (χ4v) is 5.92. The summed E-state index contributed by atoms with van der Waals surface area (Å²) in [6.45, 7) is 4.79. The van der Waals surface area contributed by atoms with Crippen LogP contribution in [0.25, 0.3) is 10.6 Å². The number of hydrogen-bond acceptors (Lipinski definition) is 6. The van der Waals surface area contributed by atoms with E-state index in [-0.39, 0.29) is 42.1 Å². The molecule has 0 fully saturated rings. The van der Waals surface area contributed by atoms with Crippen molar-refractivity contribution in [1.82, 2.24) is 20.5 Å². The van der Waals surface area contributed by atoms with Crippen molar-refractivity contribution < 1.29 is 36.6 Å². The number of aliphatic hydroxyl groups excluding tert-OH is 1. The molecule has 0 radical (unpaired) electrons. The van der Waals surface area contributed by atoms with Gasteiger partial charge in [0.1, 0.15) is 16.6 Å². The van der Waals surface area contributed by atoms with Crippen LogP contribution in [0.3, 0.4) is 0 Å². The number of carbonyl (C=O) groups is 2. The second-order valence-electron chi connectivity index (χ2n) is 11.4. The predicted octanol–water partition coefficient (Wildman–Crippen LogP) is 6.86. The number of thiazole rings is 1. The molecule has 0 aliphatic heterocycles. The number of aliphatic hydroxyl groups is 1. The molecule has 0 aliphatic carbocycles. The topological polar surface area (TPSA) is 94.6 Å². The molecular formula is C35H37F5N4O3S. The van der Waals surface area contributed by atoms with Crippen LogP contribution in [0.5, 0.6) is 0 Å². The minimum Gasteiger partial charge on any atom is -0.390 e. The van der Waals surface area contributed by atoms with Crippen molar-refractivity contribution >= 4 is 23.2 Å². The van der Waals surface area contributed by atoms with Crippen LogP contribution in [-0.2, 0) is 19.1 Å². The Hall–Kier alpha value is -4.20. The van der Waals surface area contributed by atoms with Gasteiger partial charge in [-0.25, -0.2) is 13.8 Å². The van der Waals surface area contributed by atoms with Gasteiger partial charge in [-0.15, -0.1) is 11.3 Å². The van der Waals surface area contributed by atoms with Crippen molar-refractivity contribution in [1.29, 1.82) is 0 Å². The number of nitrogens with one attached hydrogen (secondary N) is 2. The smallest absolute Gasteiger partial charge is 0.390 e. The standard InChI is InChI=1S/C35H37F5N4O3S/c1-3-9-44(10-4-2)34(47)26-17-24(16-25(18-26)33-42-8-11-48-33)32(46)43-30(15-23-13-28(36)19-29(37)14-23)31(45)21-41-20-22-6-5-7-27(12-22)35(38,39)40/h5-8,11-14,16-19,30-31,41,45H,3-4,9-10,15,20-21H2,1-2H3,(H,43,46)/t30-,31+/m0/s1. The molecule has 0 spiro atoms. The third-order valence-electron chi connectivity index (χ3n) is 7.49. The number of nitrogens with zero attached hydrogens (tertiary/aromatic N) is 2. The number of hydrogen-bond donors (Lipinski definition) is 3. The molecule has 4 aromatic rings. The van der Waals surface area contributed by atoms with Gasteiger partial charge in [0.05, 0.1) is 17.7 Å². The maximum Gasteiger partial charge on any atom is 0.416 e. The number of carbonyl (C=O) groups excluding carboxylic acids is 2. The highest BCUT2D eigenvalue weighted by Gasteiger charge is 2.30. The minimum absolute atomic E-state index is 0.0242. The van der Waals surface area contributed by atoms with Crippen LogP contribution in [0.15, 0.2) is 72.2 Å². The van der Waals surface area contributed by atoms with Crippen molar-refractivity contribution in [2.24, 2.45) is 0 Å². The van der Waals surface area contributed by atoms with E-state index in [0.29, 0.717) is 35.3 Å². The van der Waals surface area contributed by atoms with Crippen LogP contribution in [0, 0.1) is 11.6 Å². The first-order valence-corrected chi connectivity index (χ1v) is 16.4. The quantitative estimate of drug-likeness (QED) is 0.119. The van der Waals surface area contributed by atoms with Gasteiger partial charge in [0.2, 0.25) is 0 Å². The molecule has 256 valence electrons. The van der Waals surface area contributed by atoms with E-state index in [1.165, 1.54) is 29.5 Å². The van der Waals surface area contributed by atoms with Gasteiger partial charge in [-0.05, 0) is 66.8 Å². The lowest BCUT2D eigenvalue weighted by molar-refractivity contribution is -0.137. The molecule has 4 rings (SSSR count). The number of amides is 2. The second-order valence-corrected chi connectivity index (χ2v) is 12.3. The first kappa shape index (κ1) is 36.6. The summed E-state index contributed by atoms with van der Waals surface area (Å²) >= 11 is 1.33. The van der Waals surface area contributed by atoms with Gasteiger partial charge in [-0.1, -0.05) is 32.0 Å². The van der Waals surface area contributed by atoms with E-state index in [9.17, 15) is 36.6 Å². The first-order chi connectivity index (χ1) is 22.9. The van der Waals surface area contributed by atoms with Gasteiger partial charge in [0, 0.05) is 60.5 Å². The number of aromatic nitrogens is 1. The Morgan fingerprint density at radius 2 is 1.62 bits per heavy atom. The number of rotatable bonds is 15. The van der Waals surface area contributed by atoms with E-state index in [0.717, 1.165) is 37.1 Å². The van der Waals surface area contributed by atoms with Crippen LogP contribution < -0.4 is 10.6 Å². The predicted molar refractivity (Wildman–Crippen MR) is 175 cm³/mol. The van der Waals surface area contributed by atoms with Gasteiger partial charge in [0.25, 0.3) is 11.8 Å². The Kier molecular flexibility index (Phi) is 12.8. The molecule has 0 unspecified atom stereocenters. The maximum absolute atomic E-state index is 14.1. The molecule has 13 heteroatoms. The average molecular weight is 689 g/mol. The summed E-state index contributed by atoms with van der Waals surface area (Å²) in [4.78, 5) is 33.4. The highest BCUT2D eigenvalue weighted by Crippen LogP contribution is 2.29. The van der Waals surface area contributed by atoms with Crippen molar-refractivity contribution in [2.45, 2.75) is 58.0 Å². The largest absolute Gasteiger partial charge is 0.416 e. The van der Waals surface area contributed by atoms with E-state index in [1.807, 2.05) is 13.8 Å². The normalized spacial score (nSPS) is 12.8. The third-order valence-corrected chi connectivity index (χ3v) is 8.31. The lowest BCUT2D eigenvalue weighted by Crippen LogP contribution is -2.48. The molecule has 7 nitrogen and oxygen atoms in total. The van der Waals surface area contributed by atoms with Crippen molar-refractivity contribution in [2.75, 3.05) is 19.6 Å². The Labute approximate surface area is 279 Å². The second kappa shape index (κ2) is 16.8. The summed E-state index contributed by atoms with van der Waals surface area (Å²) < 4.78 is 67.6. The molecule has 0 aliphatic rings. The summed E-state index contributed by atoms with van der Waals surface area (Å²) in [6.07, 6.45) is -2.94. The zero-order chi connectivity index (χ0) is 34.8. The molecule has 0 bridgehead atoms. The maximum atomic E-state index is 14.1. The molecule has 3 N–H and O–H groups in total. The lowest BCUT2D eigenvalue weighted by Gasteiger charge is -2.25. The minimum atomic E-state index is -4.52. The molecule has 3 aromatic carbocycles. The molecule has 2 atom stereocenters. The van der Waals surface area contributed by atoms with Gasteiger partial charge >= 0.3 is 6.18 Å². The van der Waals surface area contributed by atoms with Crippen LogP contribution in [0.1, 0.15) is 64.1 Å². The van der Waals surface area contributed by atoms with Crippen LogP contribution in [-0.4, -0.2) is 58.6 Å². The molecule has 2 amide bonds. The average Bonchev–Trinajstić information content (AvgIpc) is 3.58. The number of alkyl halides is 3.